The molecule has 1 fully saturated rings. The standard InChI is InChI=1S/C14H20O2/c1-10-5-6-11(14(2,3)4)7-13(10)16-9-12-8-15-12/h5-7,12H,8-9H2,1-4H3. The number of hydrogen-bond donors (Lipinski definition) is 0. The van der Waals surface area contributed by atoms with Crippen molar-refractivity contribution in [3.63, 3.8) is 0 Å². The zero-order chi connectivity index (χ0) is 11.8. The van der Waals surface area contributed by atoms with Crippen molar-refractivity contribution in [1.82, 2.24) is 0 Å². The molecule has 0 saturated carbocycles. The maximum absolute atomic E-state index is 5.77. The van der Waals surface area contributed by atoms with Gasteiger partial charge in [0.15, 0.2) is 0 Å². The van der Waals surface area contributed by atoms with E-state index in [4.69, 9.17) is 9.47 Å². The van der Waals surface area contributed by atoms with E-state index in [1.54, 1.807) is 0 Å². The Morgan fingerprint density at radius 3 is 2.62 bits per heavy atom. The molecule has 1 heterocycles. The third-order valence-corrected chi connectivity index (χ3v) is 2.88. The Balaban J connectivity index is 2.14. The van der Waals surface area contributed by atoms with E-state index in [-0.39, 0.29) is 5.41 Å². The smallest absolute Gasteiger partial charge is 0.122 e. The summed E-state index contributed by atoms with van der Waals surface area (Å²) >= 11 is 0. The van der Waals surface area contributed by atoms with Gasteiger partial charge in [0, 0.05) is 0 Å². The average molecular weight is 220 g/mol. The fourth-order valence-electron chi connectivity index (χ4n) is 1.57. The van der Waals surface area contributed by atoms with Gasteiger partial charge in [0.2, 0.25) is 0 Å². The zero-order valence-corrected chi connectivity index (χ0v) is 10.5. The molecule has 1 unspecified atom stereocenters. The average Bonchev–Trinajstić information content (AvgIpc) is 2.98. The maximum atomic E-state index is 5.77. The fourth-order valence-corrected chi connectivity index (χ4v) is 1.57. The molecule has 1 saturated heterocycles. The summed E-state index contributed by atoms with van der Waals surface area (Å²) < 4.78 is 10.9. The second-order valence-electron chi connectivity index (χ2n) is 5.50. The summed E-state index contributed by atoms with van der Waals surface area (Å²) in [5.74, 6) is 0.989. The van der Waals surface area contributed by atoms with Crippen molar-refractivity contribution in [2.75, 3.05) is 13.2 Å². The molecule has 1 aliphatic rings. The monoisotopic (exact) mass is 220 g/mol. The largest absolute Gasteiger partial charge is 0.491 e. The van der Waals surface area contributed by atoms with Crippen LogP contribution in [0, 0.1) is 6.92 Å². The molecule has 2 nitrogen and oxygen atoms in total. The number of benzene rings is 1. The van der Waals surface area contributed by atoms with Crippen LogP contribution in [0.2, 0.25) is 0 Å². The minimum Gasteiger partial charge on any atom is -0.491 e. The van der Waals surface area contributed by atoms with Crippen LogP contribution in [0.5, 0.6) is 5.75 Å². The van der Waals surface area contributed by atoms with E-state index >= 15 is 0 Å². The highest BCUT2D eigenvalue weighted by atomic mass is 16.6. The zero-order valence-electron chi connectivity index (χ0n) is 10.5. The summed E-state index contributed by atoms with van der Waals surface area (Å²) in [6, 6.07) is 6.46. The summed E-state index contributed by atoms with van der Waals surface area (Å²) in [5, 5.41) is 0. The molecule has 0 bridgehead atoms. The number of aryl methyl sites for hydroxylation is 1. The summed E-state index contributed by atoms with van der Waals surface area (Å²) in [4.78, 5) is 0. The maximum Gasteiger partial charge on any atom is 0.122 e. The van der Waals surface area contributed by atoms with Crippen LogP contribution in [0.25, 0.3) is 0 Å². The SMILES string of the molecule is Cc1ccc(C(C)(C)C)cc1OCC1CO1. The van der Waals surface area contributed by atoms with Gasteiger partial charge in [-0.05, 0) is 29.5 Å². The quantitative estimate of drug-likeness (QED) is 0.730. The van der Waals surface area contributed by atoms with Crippen LogP contribution in [0.1, 0.15) is 31.9 Å². The molecule has 1 aliphatic heterocycles. The van der Waals surface area contributed by atoms with Gasteiger partial charge in [-0.25, -0.2) is 0 Å². The Labute approximate surface area is 97.6 Å². The second kappa shape index (κ2) is 4.10. The summed E-state index contributed by atoms with van der Waals surface area (Å²) in [6.07, 6.45) is 0.317. The molecular formula is C14H20O2. The number of ether oxygens (including phenoxy) is 2. The number of rotatable bonds is 3. The van der Waals surface area contributed by atoms with E-state index in [2.05, 4.69) is 45.9 Å². The Hall–Kier alpha value is -1.02. The first-order chi connectivity index (χ1) is 7.47. The molecular weight excluding hydrogens is 200 g/mol. The summed E-state index contributed by atoms with van der Waals surface area (Å²) in [7, 11) is 0. The van der Waals surface area contributed by atoms with Gasteiger partial charge in [-0.2, -0.15) is 0 Å². The lowest BCUT2D eigenvalue weighted by molar-refractivity contribution is 0.261. The van der Waals surface area contributed by atoms with Crippen LogP contribution < -0.4 is 4.74 Å². The van der Waals surface area contributed by atoms with E-state index in [0.717, 1.165) is 12.4 Å². The minimum absolute atomic E-state index is 0.169. The van der Waals surface area contributed by atoms with Crippen LogP contribution in [-0.2, 0) is 10.2 Å². The van der Waals surface area contributed by atoms with Crippen molar-refractivity contribution >= 4 is 0 Å². The van der Waals surface area contributed by atoms with Gasteiger partial charge in [0.05, 0.1) is 6.61 Å². The molecule has 0 radical (unpaired) electrons. The highest BCUT2D eigenvalue weighted by molar-refractivity contribution is 5.39. The minimum atomic E-state index is 0.169. The Morgan fingerprint density at radius 2 is 2.06 bits per heavy atom. The van der Waals surface area contributed by atoms with Gasteiger partial charge >= 0.3 is 0 Å². The third-order valence-electron chi connectivity index (χ3n) is 2.88. The van der Waals surface area contributed by atoms with Crippen molar-refractivity contribution in [1.29, 1.82) is 0 Å². The van der Waals surface area contributed by atoms with Crippen LogP contribution >= 0.6 is 0 Å². The molecule has 0 spiro atoms. The molecule has 2 heteroatoms. The topological polar surface area (TPSA) is 21.8 Å². The van der Waals surface area contributed by atoms with Crippen LogP contribution in [0.3, 0.4) is 0 Å². The van der Waals surface area contributed by atoms with Gasteiger partial charge in [-0.15, -0.1) is 0 Å². The first-order valence-corrected chi connectivity index (χ1v) is 5.82. The lowest BCUT2D eigenvalue weighted by Crippen LogP contribution is -2.12. The van der Waals surface area contributed by atoms with Crippen LogP contribution in [0.15, 0.2) is 18.2 Å². The Morgan fingerprint density at radius 1 is 1.38 bits per heavy atom. The molecule has 0 aromatic heterocycles. The first-order valence-electron chi connectivity index (χ1n) is 5.82. The van der Waals surface area contributed by atoms with Crippen LogP contribution in [0.4, 0.5) is 0 Å². The van der Waals surface area contributed by atoms with E-state index in [1.807, 2.05) is 0 Å². The predicted octanol–water partition coefficient (Wildman–Crippen LogP) is 3.07. The van der Waals surface area contributed by atoms with Crippen molar-refractivity contribution in [2.45, 2.75) is 39.2 Å². The highest BCUT2D eigenvalue weighted by Gasteiger charge is 2.23. The van der Waals surface area contributed by atoms with E-state index in [0.29, 0.717) is 12.7 Å². The van der Waals surface area contributed by atoms with E-state index in [9.17, 15) is 0 Å². The van der Waals surface area contributed by atoms with Crippen molar-refractivity contribution in [3.8, 4) is 5.75 Å². The van der Waals surface area contributed by atoms with Gasteiger partial charge in [0.1, 0.15) is 18.5 Å². The molecule has 0 amide bonds. The summed E-state index contributed by atoms with van der Waals surface area (Å²) in [5.41, 5.74) is 2.67. The van der Waals surface area contributed by atoms with Crippen molar-refractivity contribution in [3.05, 3.63) is 29.3 Å². The van der Waals surface area contributed by atoms with E-state index in [1.165, 1.54) is 11.1 Å². The Bertz CT molecular complexity index is 373. The lowest BCUT2D eigenvalue weighted by Gasteiger charge is -2.20. The molecule has 16 heavy (non-hydrogen) atoms. The van der Waals surface area contributed by atoms with Gasteiger partial charge in [-0.1, -0.05) is 32.9 Å². The molecule has 0 aliphatic carbocycles. The molecule has 0 N–H and O–H groups in total. The van der Waals surface area contributed by atoms with Gasteiger partial charge in [0.25, 0.3) is 0 Å². The van der Waals surface area contributed by atoms with Gasteiger partial charge in [-0.3, -0.25) is 0 Å². The number of hydrogen-bond acceptors (Lipinski definition) is 2. The molecule has 1 atom stereocenters. The Kier molecular flexibility index (Phi) is 2.94. The second-order valence-corrected chi connectivity index (χ2v) is 5.50. The number of epoxide rings is 1. The van der Waals surface area contributed by atoms with Crippen molar-refractivity contribution in [2.24, 2.45) is 0 Å². The third kappa shape index (κ3) is 2.76. The first kappa shape index (κ1) is 11.5. The molecule has 88 valence electrons. The molecule has 1 aromatic carbocycles. The van der Waals surface area contributed by atoms with Crippen molar-refractivity contribution < 1.29 is 9.47 Å². The van der Waals surface area contributed by atoms with Crippen LogP contribution in [-0.4, -0.2) is 19.3 Å². The van der Waals surface area contributed by atoms with Gasteiger partial charge < -0.3 is 9.47 Å². The van der Waals surface area contributed by atoms with E-state index < -0.39 is 0 Å². The predicted molar refractivity (Wildman–Crippen MR) is 65.1 cm³/mol. The molecule has 1 aromatic rings. The normalized spacial score (nSPS) is 19.6. The molecule has 2 rings (SSSR count). The lowest BCUT2D eigenvalue weighted by atomic mass is 9.86. The fraction of sp³-hybridized carbons (Fsp3) is 0.571. The highest BCUT2D eigenvalue weighted by Crippen LogP contribution is 2.28. The summed E-state index contributed by atoms with van der Waals surface area (Å²) in [6.45, 7) is 10.2.